The molecule has 3 rings (SSSR count). The lowest BCUT2D eigenvalue weighted by atomic mass is 10.0. The van der Waals surface area contributed by atoms with Gasteiger partial charge in [0.1, 0.15) is 23.1 Å². The maximum absolute atomic E-state index is 13.2. The standard InChI is InChI=1S/C26H34FN3O5S/c1-3-23-16-29(15-20-5-8-22(27)9-6-20)12-13-30(23)26(32)17-35-25-11-4-19(2)14-21(25)7-10-24(31)18-36(28,33)34/h4-6,8-9,11,14,23H,3,7,10,12-13,15-18H2,1-2H3,(H2,28,33,34)/t23-/m1/s1. The number of carbonyl (C=O) groups excluding carboxylic acids is 2. The first-order chi connectivity index (χ1) is 17.0. The van der Waals surface area contributed by atoms with Crippen LogP contribution in [0.1, 0.15) is 36.5 Å². The van der Waals surface area contributed by atoms with Crippen molar-refractivity contribution in [3.05, 3.63) is 65.0 Å². The number of primary sulfonamides is 1. The van der Waals surface area contributed by atoms with Crippen LogP contribution in [0, 0.1) is 12.7 Å². The summed E-state index contributed by atoms with van der Waals surface area (Å²) >= 11 is 0. The zero-order valence-corrected chi connectivity index (χ0v) is 21.6. The van der Waals surface area contributed by atoms with Crippen molar-refractivity contribution >= 4 is 21.7 Å². The molecule has 1 saturated heterocycles. The van der Waals surface area contributed by atoms with Crippen LogP contribution in [0.5, 0.6) is 5.75 Å². The van der Waals surface area contributed by atoms with Gasteiger partial charge in [-0.15, -0.1) is 0 Å². The Morgan fingerprint density at radius 3 is 2.53 bits per heavy atom. The number of nitrogens with zero attached hydrogens (tertiary/aromatic N) is 2. The number of nitrogens with two attached hydrogens (primary N) is 1. The highest BCUT2D eigenvalue weighted by molar-refractivity contribution is 7.89. The Kier molecular flexibility index (Phi) is 9.58. The van der Waals surface area contributed by atoms with Crippen molar-refractivity contribution in [3.8, 4) is 5.75 Å². The summed E-state index contributed by atoms with van der Waals surface area (Å²) in [5.74, 6) is -1.03. The number of ether oxygens (including phenoxy) is 1. The average Bonchev–Trinajstić information content (AvgIpc) is 2.82. The molecule has 2 aromatic carbocycles. The molecule has 1 heterocycles. The van der Waals surface area contributed by atoms with E-state index in [0.29, 0.717) is 31.8 Å². The van der Waals surface area contributed by atoms with E-state index in [1.165, 1.54) is 12.1 Å². The molecule has 0 radical (unpaired) electrons. The average molecular weight is 520 g/mol. The predicted octanol–water partition coefficient (Wildman–Crippen LogP) is 2.43. The number of rotatable bonds is 11. The van der Waals surface area contributed by atoms with E-state index in [9.17, 15) is 22.4 Å². The summed E-state index contributed by atoms with van der Waals surface area (Å²) in [7, 11) is -3.86. The van der Waals surface area contributed by atoms with Gasteiger partial charge in [-0.05, 0) is 49.1 Å². The van der Waals surface area contributed by atoms with E-state index >= 15 is 0 Å². The second-order valence-electron chi connectivity index (χ2n) is 9.26. The quantitative estimate of drug-likeness (QED) is 0.488. The van der Waals surface area contributed by atoms with Gasteiger partial charge in [0.05, 0.1) is 0 Å². The maximum Gasteiger partial charge on any atom is 0.260 e. The molecule has 36 heavy (non-hydrogen) atoms. The summed E-state index contributed by atoms with van der Waals surface area (Å²) in [5.41, 5.74) is 2.73. The van der Waals surface area contributed by atoms with Crippen LogP contribution < -0.4 is 9.88 Å². The lowest BCUT2D eigenvalue weighted by Gasteiger charge is -2.41. The predicted molar refractivity (Wildman–Crippen MR) is 135 cm³/mol. The van der Waals surface area contributed by atoms with Crippen molar-refractivity contribution in [2.45, 2.75) is 45.7 Å². The molecule has 2 aromatic rings. The van der Waals surface area contributed by atoms with Gasteiger partial charge >= 0.3 is 0 Å². The van der Waals surface area contributed by atoms with E-state index in [4.69, 9.17) is 9.88 Å². The number of amides is 1. The van der Waals surface area contributed by atoms with Crippen molar-refractivity contribution in [2.24, 2.45) is 5.14 Å². The van der Waals surface area contributed by atoms with Crippen LogP contribution in [-0.2, 0) is 32.6 Å². The molecule has 1 aliphatic heterocycles. The van der Waals surface area contributed by atoms with E-state index in [0.717, 1.165) is 29.7 Å². The first-order valence-electron chi connectivity index (χ1n) is 12.0. The fourth-order valence-electron chi connectivity index (χ4n) is 4.43. The molecule has 0 aromatic heterocycles. The highest BCUT2D eigenvalue weighted by Crippen LogP contribution is 2.23. The maximum atomic E-state index is 13.2. The normalized spacial score (nSPS) is 16.7. The van der Waals surface area contributed by atoms with E-state index in [1.807, 2.05) is 30.9 Å². The number of halogens is 1. The second-order valence-corrected chi connectivity index (χ2v) is 10.9. The Morgan fingerprint density at radius 2 is 1.86 bits per heavy atom. The van der Waals surface area contributed by atoms with Gasteiger partial charge < -0.3 is 9.64 Å². The van der Waals surface area contributed by atoms with Gasteiger partial charge in [0, 0.05) is 38.6 Å². The summed E-state index contributed by atoms with van der Waals surface area (Å²) < 4.78 is 41.4. The molecule has 1 amide bonds. The Labute approximate surface area is 212 Å². The fourth-order valence-corrected chi connectivity index (χ4v) is 5.02. The molecule has 0 unspecified atom stereocenters. The molecule has 1 atom stereocenters. The number of hydrogen-bond donors (Lipinski definition) is 1. The Hall–Kier alpha value is -2.82. The van der Waals surface area contributed by atoms with Gasteiger partial charge in [0.2, 0.25) is 10.0 Å². The van der Waals surface area contributed by atoms with E-state index in [1.54, 1.807) is 18.2 Å². The molecule has 1 fully saturated rings. The lowest BCUT2D eigenvalue weighted by Crippen LogP contribution is -2.55. The SMILES string of the molecule is CC[C@@H]1CN(Cc2ccc(F)cc2)CCN1C(=O)COc1ccc(C)cc1CCC(=O)CS(N)(=O)=O. The van der Waals surface area contributed by atoms with Gasteiger partial charge in [-0.2, -0.15) is 0 Å². The van der Waals surface area contributed by atoms with Crippen LogP contribution in [0.3, 0.4) is 0 Å². The van der Waals surface area contributed by atoms with Crippen molar-refractivity contribution in [3.63, 3.8) is 0 Å². The van der Waals surface area contributed by atoms with Crippen molar-refractivity contribution in [1.29, 1.82) is 0 Å². The van der Waals surface area contributed by atoms with Gasteiger partial charge in [0.25, 0.3) is 5.91 Å². The molecule has 1 aliphatic rings. The number of benzene rings is 2. The highest BCUT2D eigenvalue weighted by Gasteiger charge is 2.29. The highest BCUT2D eigenvalue weighted by atomic mass is 32.2. The van der Waals surface area contributed by atoms with Gasteiger partial charge in [0.15, 0.2) is 6.61 Å². The minimum atomic E-state index is -3.86. The van der Waals surface area contributed by atoms with Crippen LogP contribution in [0.4, 0.5) is 4.39 Å². The minimum Gasteiger partial charge on any atom is -0.483 e. The molecule has 196 valence electrons. The monoisotopic (exact) mass is 519 g/mol. The van der Waals surface area contributed by atoms with Crippen molar-refractivity contribution in [2.75, 3.05) is 32.0 Å². The molecule has 10 heteroatoms. The molecule has 8 nitrogen and oxygen atoms in total. The molecule has 0 spiro atoms. The number of hydrogen-bond acceptors (Lipinski definition) is 6. The summed E-state index contributed by atoms with van der Waals surface area (Å²) in [5, 5.41) is 4.95. The van der Waals surface area contributed by atoms with E-state index in [-0.39, 0.29) is 30.8 Å². The van der Waals surface area contributed by atoms with Crippen LogP contribution in [0.25, 0.3) is 0 Å². The van der Waals surface area contributed by atoms with E-state index < -0.39 is 21.6 Å². The van der Waals surface area contributed by atoms with Crippen LogP contribution in [-0.4, -0.2) is 67.9 Å². The molecule has 0 bridgehead atoms. The fraction of sp³-hybridized carbons (Fsp3) is 0.462. The summed E-state index contributed by atoms with van der Waals surface area (Å²) in [6.07, 6.45) is 1.10. The topological polar surface area (TPSA) is 110 Å². The third-order valence-corrected chi connectivity index (χ3v) is 7.00. The van der Waals surface area contributed by atoms with E-state index in [2.05, 4.69) is 4.90 Å². The number of Topliss-reactive ketones (excluding diaryl/α,β-unsaturated/α-hetero) is 1. The smallest absolute Gasteiger partial charge is 0.260 e. The number of carbonyl (C=O) groups is 2. The third-order valence-electron chi connectivity index (χ3n) is 6.28. The number of sulfonamides is 1. The first-order valence-corrected chi connectivity index (χ1v) is 13.8. The number of aryl methyl sites for hydroxylation is 2. The largest absolute Gasteiger partial charge is 0.483 e. The lowest BCUT2D eigenvalue weighted by molar-refractivity contribution is -0.138. The van der Waals surface area contributed by atoms with Crippen molar-refractivity contribution in [1.82, 2.24) is 9.80 Å². The van der Waals surface area contributed by atoms with Crippen LogP contribution in [0.15, 0.2) is 42.5 Å². The van der Waals surface area contributed by atoms with Crippen LogP contribution >= 0.6 is 0 Å². The number of ketones is 1. The zero-order valence-electron chi connectivity index (χ0n) is 20.8. The molecular formula is C26H34FN3O5S. The van der Waals surface area contributed by atoms with Gasteiger partial charge in [-0.25, -0.2) is 17.9 Å². The number of piperazine rings is 1. The van der Waals surface area contributed by atoms with Gasteiger partial charge in [-0.3, -0.25) is 14.5 Å². The summed E-state index contributed by atoms with van der Waals surface area (Å²) in [6, 6.07) is 12.0. The molecule has 0 saturated carbocycles. The van der Waals surface area contributed by atoms with Crippen molar-refractivity contribution < 1.29 is 27.1 Å². The zero-order chi connectivity index (χ0) is 26.3. The molecule has 2 N–H and O–H groups in total. The second kappa shape index (κ2) is 12.4. The molecule has 0 aliphatic carbocycles. The van der Waals surface area contributed by atoms with Gasteiger partial charge in [-0.1, -0.05) is 36.8 Å². The Morgan fingerprint density at radius 1 is 1.14 bits per heavy atom. The Balaban J connectivity index is 1.57. The first kappa shape index (κ1) is 27.8. The summed E-state index contributed by atoms with van der Waals surface area (Å²) in [4.78, 5) is 29.1. The van der Waals surface area contributed by atoms with Crippen LogP contribution in [0.2, 0.25) is 0 Å². The minimum absolute atomic E-state index is 0.0120. The summed E-state index contributed by atoms with van der Waals surface area (Å²) in [6.45, 7) is 6.53. The third kappa shape index (κ3) is 8.39. The molecular weight excluding hydrogens is 485 g/mol. The Bertz CT molecular complexity index is 1170.